The Morgan fingerprint density at radius 1 is 1.35 bits per heavy atom. The summed E-state index contributed by atoms with van der Waals surface area (Å²) in [6, 6.07) is 6.72. The van der Waals surface area contributed by atoms with Gasteiger partial charge in [-0.05, 0) is 44.4 Å². The lowest BCUT2D eigenvalue weighted by atomic mass is 9.95. The van der Waals surface area contributed by atoms with E-state index >= 15 is 0 Å². The predicted molar refractivity (Wildman–Crippen MR) is 83.2 cm³/mol. The number of nitrogens with zero attached hydrogens (tertiary/aromatic N) is 3. The quantitative estimate of drug-likeness (QED) is 0.918. The molecule has 0 bridgehead atoms. The number of pyridine rings is 1. The van der Waals surface area contributed by atoms with Gasteiger partial charge >= 0.3 is 0 Å². The van der Waals surface area contributed by atoms with Crippen LogP contribution in [0.1, 0.15) is 39.0 Å². The van der Waals surface area contributed by atoms with Crippen LogP contribution in [0, 0.1) is 0 Å². The molecule has 0 amide bonds. The van der Waals surface area contributed by atoms with E-state index in [9.17, 15) is 0 Å². The van der Waals surface area contributed by atoms with Gasteiger partial charge in [-0.15, -0.1) is 10.2 Å². The van der Waals surface area contributed by atoms with Crippen LogP contribution >= 0.6 is 11.8 Å². The van der Waals surface area contributed by atoms with Crippen molar-refractivity contribution in [2.24, 2.45) is 0 Å². The van der Waals surface area contributed by atoms with Crippen molar-refractivity contribution in [2.75, 3.05) is 6.54 Å². The molecule has 1 saturated carbocycles. The molecule has 0 radical (unpaired) electrons. The molecule has 0 aromatic carbocycles. The fraction of sp³-hybridized carbons (Fsp3) is 0.600. The van der Waals surface area contributed by atoms with Crippen LogP contribution in [0.5, 0.6) is 0 Å². The van der Waals surface area contributed by atoms with E-state index in [1.165, 1.54) is 32.1 Å². The van der Waals surface area contributed by atoms with Crippen molar-refractivity contribution in [3.63, 3.8) is 0 Å². The lowest BCUT2D eigenvalue weighted by molar-refractivity contribution is 0.381. The number of hydrogen-bond donors (Lipinski definition) is 1. The molecule has 2 atom stereocenters. The summed E-state index contributed by atoms with van der Waals surface area (Å²) in [5.74, 6) is 0. The third-order valence-electron chi connectivity index (χ3n) is 3.86. The van der Waals surface area contributed by atoms with Gasteiger partial charge < -0.3 is 5.32 Å². The Morgan fingerprint density at radius 3 is 3.20 bits per heavy atom. The molecule has 5 heteroatoms. The molecule has 1 aliphatic carbocycles. The fourth-order valence-corrected chi connectivity index (χ4v) is 4.10. The van der Waals surface area contributed by atoms with Crippen LogP contribution in [0.25, 0.3) is 5.65 Å². The third kappa shape index (κ3) is 3.15. The van der Waals surface area contributed by atoms with E-state index in [0.29, 0.717) is 11.3 Å². The zero-order valence-electron chi connectivity index (χ0n) is 12.0. The summed E-state index contributed by atoms with van der Waals surface area (Å²) in [6.45, 7) is 3.36. The molecule has 2 heterocycles. The first kappa shape index (κ1) is 13.9. The second-order valence-electron chi connectivity index (χ2n) is 5.47. The summed E-state index contributed by atoms with van der Waals surface area (Å²) in [5, 5.41) is 13.9. The average molecular weight is 290 g/mol. The molecule has 108 valence electrons. The van der Waals surface area contributed by atoms with Gasteiger partial charge in [-0.2, -0.15) is 0 Å². The zero-order valence-corrected chi connectivity index (χ0v) is 12.8. The van der Waals surface area contributed by atoms with Crippen molar-refractivity contribution < 1.29 is 0 Å². The number of rotatable bonds is 5. The normalized spacial score (nSPS) is 23.2. The van der Waals surface area contributed by atoms with Gasteiger partial charge in [-0.1, -0.05) is 31.2 Å². The van der Waals surface area contributed by atoms with Crippen LogP contribution < -0.4 is 5.32 Å². The van der Waals surface area contributed by atoms with Crippen molar-refractivity contribution in [3.05, 3.63) is 24.4 Å². The van der Waals surface area contributed by atoms with Crippen LogP contribution in [0.15, 0.2) is 29.6 Å². The highest BCUT2D eigenvalue weighted by Crippen LogP contribution is 2.33. The number of aromatic nitrogens is 3. The first-order valence-electron chi connectivity index (χ1n) is 7.56. The predicted octanol–water partition coefficient (Wildman–Crippen LogP) is 3.13. The highest BCUT2D eigenvalue weighted by Gasteiger charge is 2.23. The molecule has 3 rings (SSSR count). The molecule has 2 aromatic heterocycles. The molecule has 1 fully saturated rings. The van der Waals surface area contributed by atoms with E-state index in [-0.39, 0.29) is 0 Å². The summed E-state index contributed by atoms with van der Waals surface area (Å²) in [7, 11) is 0. The molecule has 0 spiro atoms. The molecule has 0 aliphatic heterocycles. The first-order chi connectivity index (χ1) is 9.86. The smallest absolute Gasteiger partial charge is 0.195 e. The second kappa shape index (κ2) is 6.59. The van der Waals surface area contributed by atoms with Gasteiger partial charge in [0.25, 0.3) is 0 Å². The lowest BCUT2D eigenvalue weighted by Crippen LogP contribution is -2.35. The number of hydrogen-bond acceptors (Lipinski definition) is 4. The highest BCUT2D eigenvalue weighted by atomic mass is 32.2. The maximum absolute atomic E-state index is 4.33. The van der Waals surface area contributed by atoms with Crippen LogP contribution in [0.2, 0.25) is 0 Å². The molecule has 2 aromatic rings. The summed E-state index contributed by atoms with van der Waals surface area (Å²) in [5.41, 5.74) is 0.937. The highest BCUT2D eigenvalue weighted by molar-refractivity contribution is 7.99. The SMILES string of the molecule is CCCNC1CCCC(Sc2nnc3ccccn23)C1. The van der Waals surface area contributed by atoms with Gasteiger partial charge in [0.1, 0.15) is 0 Å². The molecule has 4 nitrogen and oxygen atoms in total. The number of nitrogens with one attached hydrogen (secondary N) is 1. The molecule has 2 unspecified atom stereocenters. The van der Waals surface area contributed by atoms with Gasteiger partial charge in [0.05, 0.1) is 0 Å². The van der Waals surface area contributed by atoms with Gasteiger partial charge in [-0.25, -0.2) is 0 Å². The van der Waals surface area contributed by atoms with Gasteiger partial charge in [0.15, 0.2) is 10.8 Å². The van der Waals surface area contributed by atoms with Crippen LogP contribution in [-0.2, 0) is 0 Å². The monoisotopic (exact) mass is 290 g/mol. The number of thioether (sulfide) groups is 1. The van der Waals surface area contributed by atoms with Crippen molar-refractivity contribution in [1.82, 2.24) is 19.9 Å². The molecule has 20 heavy (non-hydrogen) atoms. The Labute approximate surface area is 124 Å². The van der Waals surface area contributed by atoms with Crippen molar-refractivity contribution in [2.45, 2.75) is 55.5 Å². The van der Waals surface area contributed by atoms with Crippen molar-refractivity contribution in [1.29, 1.82) is 0 Å². The number of fused-ring (bicyclic) bond motifs is 1. The maximum atomic E-state index is 4.33. The molecule has 1 aliphatic rings. The summed E-state index contributed by atoms with van der Waals surface area (Å²) < 4.78 is 2.09. The molecule has 0 saturated heterocycles. The minimum absolute atomic E-state index is 0.658. The van der Waals surface area contributed by atoms with Crippen LogP contribution in [-0.4, -0.2) is 32.4 Å². The third-order valence-corrected chi connectivity index (χ3v) is 5.11. The molecule has 1 N–H and O–H groups in total. The standard InChI is InChI=1S/C15H22N4S/c1-2-9-16-12-6-5-7-13(11-12)20-15-18-17-14-8-3-4-10-19(14)15/h3-4,8,10,12-13,16H,2,5-7,9,11H2,1H3. The van der Waals surface area contributed by atoms with Crippen LogP contribution in [0.4, 0.5) is 0 Å². The van der Waals surface area contributed by atoms with E-state index in [0.717, 1.165) is 17.3 Å². The first-order valence-corrected chi connectivity index (χ1v) is 8.44. The minimum Gasteiger partial charge on any atom is -0.314 e. The van der Waals surface area contributed by atoms with E-state index in [4.69, 9.17) is 0 Å². The van der Waals surface area contributed by atoms with Gasteiger partial charge in [-0.3, -0.25) is 4.40 Å². The van der Waals surface area contributed by atoms with Gasteiger partial charge in [0.2, 0.25) is 0 Å². The summed E-state index contributed by atoms with van der Waals surface area (Å²) in [4.78, 5) is 0. The topological polar surface area (TPSA) is 42.2 Å². The molecular formula is C15H22N4S. The maximum Gasteiger partial charge on any atom is 0.195 e. The minimum atomic E-state index is 0.658. The van der Waals surface area contributed by atoms with E-state index in [1.54, 1.807) is 0 Å². The van der Waals surface area contributed by atoms with Crippen LogP contribution in [0.3, 0.4) is 0 Å². The van der Waals surface area contributed by atoms with Crippen molar-refractivity contribution in [3.8, 4) is 0 Å². The van der Waals surface area contributed by atoms with E-state index < -0.39 is 0 Å². The van der Waals surface area contributed by atoms with Crippen molar-refractivity contribution >= 4 is 17.4 Å². The zero-order chi connectivity index (χ0) is 13.8. The Balaban J connectivity index is 1.65. The average Bonchev–Trinajstić information content (AvgIpc) is 2.89. The fourth-order valence-electron chi connectivity index (χ4n) is 2.83. The Hall–Kier alpha value is -1.07. The Morgan fingerprint density at radius 2 is 2.30 bits per heavy atom. The second-order valence-corrected chi connectivity index (χ2v) is 6.74. The van der Waals surface area contributed by atoms with E-state index in [2.05, 4.69) is 26.8 Å². The molecular weight excluding hydrogens is 268 g/mol. The largest absolute Gasteiger partial charge is 0.314 e. The lowest BCUT2D eigenvalue weighted by Gasteiger charge is -2.28. The Bertz CT molecular complexity index is 554. The summed E-state index contributed by atoms with van der Waals surface area (Å²) >= 11 is 1.89. The van der Waals surface area contributed by atoms with Gasteiger partial charge in [0, 0.05) is 17.5 Å². The Kier molecular flexibility index (Phi) is 4.58. The van der Waals surface area contributed by atoms with E-state index in [1.807, 2.05) is 36.2 Å². The summed E-state index contributed by atoms with van der Waals surface area (Å²) in [6.07, 6.45) is 8.42.